The number of nitrogens with one attached hydrogen (secondary N) is 3. The molecule has 1 atom stereocenters. The van der Waals surface area contributed by atoms with Gasteiger partial charge in [-0.3, -0.25) is 10.4 Å². The van der Waals surface area contributed by atoms with Crippen LogP contribution in [0.1, 0.15) is 28.6 Å². The number of carbonyl (C=O) groups is 1. The Balaban J connectivity index is 1.69. The van der Waals surface area contributed by atoms with E-state index in [-0.39, 0.29) is 64.2 Å². The Hall–Kier alpha value is -5.61. The molecule has 1 unspecified atom stereocenters. The average Bonchev–Trinajstić information content (AvgIpc) is 3.60. The van der Waals surface area contributed by atoms with Crippen LogP contribution in [-0.4, -0.2) is 51.4 Å². The number of fused-ring (bicyclic) bond motifs is 1. The number of nitrogens with two attached hydrogens (primary N) is 2. The fraction of sp³-hybridized carbons (Fsp3) is 0.192. The molecule has 0 aliphatic carbocycles. The van der Waals surface area contributed by atoms with E-state index in [1.165, 1.54) is 43.6 Å². The molecule has 1 aliphatic rings. The van der Waals surface area contributed by atoms with Crippen molar-refractivity contribution < 1.29 is 36.6 Å². The van der Waals surface area contributed by atoms with Gasteiger partial charge >= 0.3 is 17.8 Å². The van der Waals surface area contributed by atoms with Gasteiger partial charge in [0.25, 0.3) is 0 Å². The molecule has 0 bridgehead atoms. The Morgan fingerprint density at radius 3 is 2.70 bits per heavy atom. The highest BCUT2D eigenvalue weighted by atomic mass is 19.4. The average molecular weight is 603 g/mol. The second-order valence-electron chi connectivity index (χ2n) is 9.12. The summed E-state index contributed by atoms with van der Waals surface area (Å²) in [5.41, 5.74) is 10.4. The SMILES string of the molecule is COc1cc(C(Nc2ccc(C(=N)N)cc2OC(=O)C(F)(F)F)c2nn(-c3ncccc3N)c(=O)[nH]2)c(F)c2c1OCC2. The van der Waals surface area contributed by atoms with Gasteiger partial charge in [-0.15, -0.1) is 5.10 Å². The molecule has 7 N–H and O–H groups in total. The first-order valence-corrected chi connectivity index (χ1v) is 12.3. The number of rotatable bonds is 8. The zero-order chi connectivity index (χ0) is 31.1. The van der Waals surface area contributed by atoms with E-state index in [1.807, 2.05) is 0 Å². The number of H-pyrrole nitrogens is 1. The Morgan fingerprint density at radius 2 is 2.02 bits per heavy atom. The molecule has 5 rings (SSSR count). The van der Waals surface area contributed by atoms with E-state index in [1.54, 1.807) is 0 Å². The second-order valence-corrected chi connectivity index (χ2v) is 9.12. The van der Waals surface area contributed by atoms with E-state index in [2.05, 4.69) is 25.1 Å². The van der Waals surface area contributed by atoms with Crippen LogP contribution in [0.3, 0.4) is 0 Å². The molecule has 0 saturated carbocycles. The molecule has 0 radical (unpaired) electrons. The number of ether oxygens (including phenoxy) is 3. The fourth-order valence-electron chi connectivity index (χ4n) is 4.39. The largest absolute Gasteiger partial charge is 0.493 e. The summed E-state index contributed by atoms with van der Waals surface area (Å²) < 4.78 is 71.7. The monoisotopic (exact) mass is 602 g/mol. The summed E-state index contributed by atoms with van der Waals surface area (Å²) in [5, 5.41) is 14.7. The molecule has 0 fully saturated rings. The van der Waals surface area contributed by atoms with Crippen molar-refractivity contribution in [3.63, 3.8) is 0 Å². The Morgan fingerprint density at radius 1 is 1.26 bits per heavy atom. The standard InChI is InChI=1S/C26H22F4N8O5/c1-41-17-10-13(18(27)12-6-8-42-20(12)17)19(22-36-25(40)38(37-22)23-14(31)3-2-7-34-23)35-15-5-4-11(21(32)33)9-16(15)43-24(39)26(28,29)30/h2-5,7,9-10,19,35H,6,8,31H2,1H3,(H3,32,33)(H,36,37,40). The quantitative estimate of drug-likeness (QED) is 0.0657. The molecule has 17 heteroatoms. The summed E-state index contributed by atoms with van der Waals surface area (Å²) in [6.07, 6.45) is -3.82. The highest BCUT2D eigenvalue weighted by Gasteiger charge is 2.42. The Kier molecular flexibility index (Phi) is 7.39. The van der Waals surface area contributed by atoms with Crippen LogP contribution in [0.5, 0.6) is 17.2 Å². The molecule has 2 aromatic heterocycles. The minimum atomic E-state index is -5.37. The minimum absolute atomic E-state index is 0.0419. The van der Waals surface area contributed by atoms with Crippen molar-refractivity contribution in [3.8, 4) is 23.1 Å². The van der Waals surface area contributed by atoms with Crippen LogP contribution in [0, 0.1) is 11.2 Å². The fourth-order valence-corrected chi connectivity index (χ4v) is 4.39. The summed E-state index contributed by atoms with van der Waals surface area (Å²) in [7, 11) is 1.33. The minimum Gasteiger partial charge on any atom is -0.493 e. The third-order valence-electron chi connectivity index (χ3n) is 6.38. The molecule has 43 heavy (non-hydrogen) atoms. The van der Waals surface area contributed by atoms with Gasteiger partial charge in [0.05, 0.1) is 25.1 Å². The van der Waals surface area contributed by atoms with Gasteiger partial charge in [0.2, 0.25) is 0 Å². The molecule has 13 nitrogen and oxygen atoms in total. The van der Waals surface area contributed by atoms with E-state index >= 15 is 4.39 Å². The first kappa shape index (κ1) is 28.9. The zero-order valence-corrected chi connectivity index (χ0v) is 22.1. The molecule has 2 aromatic carbocycles. The molecule has 3 heterocycles. The molecule has 4 aromatic rings. The normalized spacial score (nSPS) is 13.1. The number of anilines is 2. The number of hydrogen-bond donors (Lipinski definition) is 5. The number of halogens is 4. The number of aromatic nitrogens is 4. The van der Waals surface area contributed by atoms with Crippen LogP contribution in [0.2, 0.25) is 0 Å². The third-order valence-corrected chi connectivity index (χ3v) is 6.38. The molecular weight excluding hydrogens is 580 g/mol. The van der Waals surface area contributed by atoms with Crippen LogP contribution in [-0.2, 0) is 11.2 Å². The number of pyridine rings is 1. The molecule has 1 aliphatic heterocycles. The van der Waals surface area contributed by atoms with Gasteiger partial charge in [-0.05, 0) is 36.4 Å². The number of nitrogen functional groups attached to an aromatic ring is 2. The lowest BCUT2D eigenvalue weighted by Crippen LogP contribution is -2.28. The van der Waals surface area contributed by atoms with Gasteiger partial charge in [-0.25, -0.2) is 19.0 Å². The number of carbonyl (C=O) groups excluding carboxylic acids is 1. The van der Waals surface area contributed by atoms with Crippen molar-refractivity contribution in [1.29, 1.82) is 5.41 Å². The van der Waals surface area contributed by atoms with Gasteiger partial charge in [0.15, 0.2) is 28.9 Å². The number of benzene rings is 2. The molecule has 0 amide bonds. The van der Waals surface area contributed by atoms with Crippen molar-refractivity contribution in [1.82, 2.24) is 19.7 Å². The van der Waals surface area contributed by atoms with Gasteiger partial charge in [0, 0.05) is 29.3 Å². The number of hydrogen-bond acceptors (Lipinski definition) is 10. The Labute approximate surface area is 238 Å². The lowest BCUT2D eigenvalue weighted by molar-refractivity contribution is -0.189. The maximum absolute atomic E-state index is 16.0. The lowest BCUT2D eigenvalue weighted by atomic mass is 9.99. The second kappa shape index (κ2) is 11.0. The van der Waals surface area contributed by atoms with Crippen LogP contribution < -0.4 is 36.7 Å². The Bertz CT molecular complexity index is 1800. The molecule has 0 spiro atoms. The first-order chi connectivity index (χ1) is 20.4. The first-order valence-electron chi connectivity index (χ1n) is 12.3. The van der Waals surface area contributed by atoms with Crippen LogP contribution in [0.15, 0.2) is 47.4 Å². The number of aromatic amines is 1. The summed E-state index contributed by atoms with van der Waals surface area (Å²) in [5.74, 6) is -4.49. The maximum atomic E-state index is 16.0. The predicted octanol–water partition coefficient (Wildman–Crippen LogP) is 2.57. The highest BCUT2D eigenvalue weighted by molar-refractivity contribution is 5.96. The maximum Gasteiger partial charge on any atom is 0.491 e. The van der Waals surface area contributed by atoms with Gasteiger partial charge in [0.1, 0.15) is 17.7 Å². The highest BCUT2D eigenvalue weighted by Crippen LogP contribution is 2.43. The smallest absolute Gasteiger partial charge is 0.491 e. The van der Waals surface area contributed by atoms with Gasteiger partial charge in [-0.2, -0.15) is 17.9 Å². The van der Waals surface area contributed by atoms with Crippen molar-refractivity contribution in [3.05, 3.63) is 81.4 Å². The number of amidine groups is 1. The van der Waals surface area contributed by atoms with Crippen molar-refractivity contribution in [2.75, 3.05) is 24.8 Å². The molecule has 224 valence electrons. The van der Waals surface area contributed by atoms with Gasteiger partial charge < -0.3 is 31.0 Å². The summed E-state index contributed by atoms with van der Waals surface area (Å²) in [4.78, 5) is 31.3. The van der Waals surface area contributed by atoms with E-state index in [0.717, 1.165) is 10.7 Å². The van der Waals surface area contributed by atoms with E-state index < -0.39 is 41.3 Å². The van der Waals surface area contributed by atoms with Crippen LogP contribution >= 0.6 is 0 Å². The lowest BCUT2D eigenvalue weighted by Gasteiger charge is -2.22. The third kappa shape index (κ3) is 5.51. The number of alkyl halides is 3. The zero-order valence-electron chi connectivity index (χ0n) is 22.1. The number of methoxy groups -OCH3 is 1. The van der Waals surface area contributed by atoms with Crippen LogP contribution in [0.25, 0.3) is 5.82 Å². The van der Waals surface area contributed by atoms with E-state index in [4.69, 9.17) is 26.4 Å². The van der Waals surface area contributed by atoms with Crippen molar-refractivity contribution >= 4 is 23.2 Å². The number of nitrogens with zero attached hydrogens (tertiary/aromatic N) is 3. The van der Waals surface area contributed by atoms with Crippen molar-refractivity contribution in [2.24, 2.45) is 5.73 Å². The number of esters is 1. The van der Waals surface area contributed by atoms with E-state index in [0.29, 0.717) is 0 Å². The topological polar surface area (TPSA) is 196 Å². The van der Waals surface area contributed by atoms with Gasteiger partial charge in [-0.1, -0.05) is 0 Å². The van der Waals surface area contributed by atoms with Crippen molar-refractivity contribution in [2.45, 2.75) is 18.6 Å². The molecule has 0 saturated heterocycles. The predicted molar refractivity (Wildman–Crippen MR) is 143 cm³/mol. The van der Waals surface area contributed by atoms with Crippen LogP contribution in [0.4, 0.5) is 28.9 Å². The molecular formula is C26H22F4N8O5. The summed E-state index contributed by atoms with van der Waals surface area (Å²) >= 11 is 0. The van der Waals surface area contributed by atoms with E-state index in [9.17, 15) is 22.8 Å². The summed E-state index contributed by atoms with van der Waals surface area (Å²) in [6.45, 7) is 0.165. The summed E-state index contributed by atoms with van der Waals surface area (Å²) in [6, 6.07) is 6.19.